The fraction of sp³-hybridized carbons (Fsp3) is 0.217. The Labute approximate surface area is 180 Å². The Bertz CT molecular complexity index is 1060. The molecule has 31 heavy (non-hydrogen) atoms. The molecule has 0 radical (unpaired) electrons. The molecule has 1 aromatic heterocycles. The molecule has 160 valence electrons. The van der Waals surface area contributed by atoms with Crippen molar-refractivity contribution in [3.8, 4) is 11.4 Å². The lowest BCUT2D eigenvalue weighted by Crippen LogP contribution is -2.42. The van der Waals surface area contributed by atoms with Crippen LogP contribution >= 0.6 is 0 Å². The zero-order valence-electron chi connectivity index (χ0n) is 17.4. The molecule has 1 heterocycles. The minimum Gasteiger partial charge on any atom is -0.469 e. The summed E-state index contributed by atoms with van der Waals surface area (Å²) in [6.45, 7) is 1.77. The lowest BCUT2D eigenvalue weighted by molar-refractivity contribution is -0.146. The van der Waals surface area contributed by atoms with Crippen LogP contribution in [-0.4, -0.2) is 40.8 Å². The number of carbonyl (C=O) groups excluding carboxylic acids is 2. The molecular weight excluding hydrogens is 394 g/mol. The first-order chi connectivity index (χ1) is 14.9. The van der Waals surface area contributed by atoms with Gasteiger partial charge in [0.15, 0.2) is 0 Å². The number of methoxy groups -OCH3 is 1. The van der Waals surface area contributed by atoms with Gasteiger partial charge in [-0.15, -0.1) is 0 Å². The van der Waals surface area contributed by atoms with Gasteiger partial charge in [-0.25, -0.2) is 4.98 Å². The number of amidine groups is 1. The number of ether oxygens (including phenoxy) is 1. The van der Waals surface area contributed by atoms with Crippen molar-refractivity contribution in [3.63, 3.8) is 0 Å². The fourth-order valence-electron chi connectivity index (χ4n) is 3.33. The van der Waals surface area contributed by atoms with Crippen LogP contribution in [-0.2, 0) is 16.0 Å². The lowest BCUT2D eigenvalue weighted by atomic mass is 9.92. The number of carbonyl (C=O) groups is 2. The molecule has 0 saturated heterocycles. The number of nitrogens with one attached hydrogen (secondary N) is 3. The van der Waals surface area contributed by atoms with Crippen LogP contribution in [0.4, 0.5) is 0 Å². The van der Waals surface area contributed by atoms with E-state index in [1.54, 1.807) is 49.6 Å². The Hall–Kier alpha value is -3.94. The van der Waals surface area contributed by atoms with E-state index in [9.17, 15) is 9.59 Å². The van der Waals surface area contributed by atoms with Gasteiger partial charge in [-0.3, -0.25) is 15.0 Å². The summed E-state index contributed by atoms with van der Waals surface area (Å²) in [5, 5.41) is 10.5. The number of nitrogen functional groups attached to an aromatic ring is 1. The number of imidazole rings is 1. The quantitative estimate of drug-likeness (QED) is 0.253. The summed E-state index contributed by atoms with van der Waals surface area (Å²) in [5.41, 5.74) is 8.31. The van der Waals surface area contributed by atoms with E-state index in [4.69, 9.17) is 15.9 Å². The molecule has 8 heteroatoms. The number of H-pyrrole nitrogens is 1. The predicted molar refractivity (Wildman–Crippen MR) is 118 cm³/mol. The van der Waals surface area contributed by atoms with Crippen LogP contribution in [0.15, 0.2) is 60.9 Å². The van der Waals surface area contributed by atoms with Gasteiger partial charge in [0, 0.05) is 35.1 Å². The first-order valence-electron chi connectivity index (χ1n) is 9.81. The zero-order valence-corrected chi connectivity index (χ0v) is 17.4. The zero-order chi connectivity index (χ0) is 22.4. The summed E-state index contributed by atoms with van der Waals surface area (Å²) >= 11 is 0. The lowest BCUT2D eigenvalue weighted by Gasteiger charge is -2.23. The molecule has 2 aromatic carbocycles. The highest BCUT2D eigenvalue weighted by molar-refractivity contribution is 5.95. The minimum atomic E-state index is -0.599. The van der Waals surface area contributed by atoms with Gasteiger partial charge < -0.3 is 20.8 Å². The summed E-state index contributed by atoms with van der Waals surface area (Å²) in [5.74, 6) is -0.632. The Morgan fingerprint density at radius 2 is 1.94 bits per heavy atom. The molecule has 0 saturated carbocycles. The van der Waals surface area contributed by atoms with Gasteiger partial charge in [-0.05, 0) is 37.1 Å². The number of nitrogens with two attached hydrogens (primary N) is 1. The molecule has 8 nitrogen and oxygen atoms in total. The van der Waals surface area contributed by atoms with E-state index in [2.05, 4.69) is 15.3 Å². The Balaban J connectivity index is 1.72. The van der Waals surface area contributed by atoms with Crippen LogP contribution in [0.25, 0.3) is 11.4 Å². The molecule has 0 aliphatic rings. The van der Waals surface area contributed by atoms with Gasteiger partial charge in [-0.2, -0.15) is 0 Å². The van der Waals surface area contributed by atoms with Crippen LogP contribution in [0.1, 0.15) is 28.4 Å². The average Bonchev–Trinajstić information content (AvgIpc) is 3.32. The fourth-order valence-corrected chi connectivity index (χ4v) is 3.33. The number of amides is 1. The van der Waals surface area contributed by atoms with E-state index in [0.29, 0.717) is 17.5 Å². The monoisotopic (exact) mass is 419 g/mol. The van der Waals surface area contributed by atoms with Crippen molar-refractivity contribution in [1.29, 1.82) is 5.41 Å². The number of aromatic amines is 1. The van der Waals surface area contributed by atoms with Crippen LogP contribution in [0.2, 0.25) is 0 Å². The minimum absolute atomic E-state index is 0.0455. The molecule has 0 bridgehead atoms. The molecule has 1 amide bonds. The van der Waals surface area contributed by atoms with Gasteiger partial charge in [0.1, 0.15) is 11.7 Å². The summed E-state index contributed by atoms with van der Waals surface area (Å²) in [6, 6.07) is 13.7. The van der Waals surface area contributed by atoms with Crippen LogP contribution < -0.4 is 11.1 Å². The normalized spacial score (nSPS) is 12.6. The number of rotatable bonds is 8. The number of benzene rings is 2. The third kappa shape index (κ3) is 5.36. The predicted octanol–water partition coefficient (Wildman–Crippen LogP) is 2.51. The number of hydrogen-bond donors (Lipinski definition) is 4. The average molecular weight is 419 g/mol. The van der Waals surface area contributed by atoms with Gasteiger partial charge in [0.05, 0.1) is 13.0 Å². The number of nitrogens with zero attached hydrogens (tertiary/aromatic N) is 1. The second kappa shape index (κ2) is 9.71. The third-order valence-electron chi connectivity index (χ3n) is 5.08. The highest BCUT2D eigenvalue weighted by atomic mass is 16.5. The highest BCUT2D eigenvalue weighted by Crippen LogP contribution is 2.18. The second-order valence-corrected chi connectivity index (χ2v) is 7.23. The number of aromatic nitrogens is 2. The number of esters is 1. The van der Waals surface area contributed by atoms with E-state index >= 15 is 0 Å². The van der Waals surface area contributed by atoms with Crippen molar-refractivity contribution in [2.75, 3.05) is 7.11 Å². The maximum atomic E-state index is 12.7. The Morgan fingerprint density at radius 3 is 2.55 bits per heavy atom. The maximum absolute atomic E-state index is 12.7. The van der Waals surface area contributed by atoms with Gasteiger partial charge in [0.25, 0.3) is 5.91 Å². The molecule has 2 unspecified atom stereocenters. The van der Waals surface area contributed by atoms with E-state index in [0.717, 1.165) is 17.0 Å². The maximum Gasteiger partial charge on any atom is 0.311 e. The van der Waals surface area contributed by atoms with E-state index < -0.39 is 17.9 Å². The van der Waals surface area contributed by atoms with Crippen molar-refractivity contribution >= 4 is 17.7 Å². The van der Waals surface area contributed by atoms with Crippen molar-refractivity contribution < 1.29 is 14.3 Å². The topological polar surface area (TPSA) is 134 Å². The molecule has 3 aromatic rings. The largest absolute Gasteiger partial charge is 0.469 e. The SMILES string of the molecule is COC(=O)C(Cc1cccc(C(=N)N)c1)C(C)NC(=O)c1ccc(-c2ncc[nH]2)cc1. The van der Waals surface area contributed by atoms with Crippen LogP contribution in [0, 0.1) is 11.3 Å². The number of hydrogen-bond acceptors (Lipinski definition) is 5. The van der Waals surface area contributed by atoms with Gasteiger partial charge in [0.2, 0.25) is 0 Å². The highest BCUT2D eigenvalue weighted by Gasteiger charge is 2.28. The molecule has 3 rings (SSSR count). The van der Waals surface area contributed by atoms with E-state index in [-0.39, 0.29) is 11.7 Å². The van der Waals surface area contributed by atoms with Crippen LogP contribution in [0.3, 0.4) is 0 Å². The van der Waals surface area contributed by atoms with Gasteiger partial charge in [-0.1, -0.05) is 30.3 Å². The first-order valence-corrected chi connectivity index (χ1v) is 9.81. The van der Waals surface area contributed by atoms with E-state index in [1.165, 1.54) is 7.11 Å². The summed E-state index contributed by atoms with van der Waals surface area (Å²) in [7, 11) is 1.32. The standard InChI is InChI=1S/C23H25N5O3/c1-14(19(23(30)31-2)13-15-4-3-5-18(12-15)20(24)25)28-22(29)17-8-6-16(7-9-17)21-26-10-11-27-21/h3-12,14,19H,13H2,1-2H3,(H3,24,25)(H,26,27)(H,28,29). The van der Waals surface area contributed by atoms with Gasteiger partial charge >= 0.3 is 5.97 Å². The van der Waals surface area contributed by atoms with Crippen molar-refractivity contribution in [3.05, 3.63) is 77.6 Å². The van der Waals surface area contributed by atoms with Crippen LogP contribution in [0.5, 0.6) is 0 Å². The Kier molecular flexibility index (Phi) is 6.81. The summed E-state index contributed by atoms with van der Waals surface area (Å²) in [6.07, 6.45) is 3.74. The molecule has 0 fully saturated rings. The summed E-state index contributed by atoms with van der Waals surface area (Å²) in [4.78, 5) is 32.4. The molecular formula is C23H25N5O3. The third-order valence-corrected chi connectivity index (χ3v) is 5.08. The molecule has 2 atom stereocenters. The van der Waals surface area contributed by atoms with Crippen molar-refractivity contribution in [2.45, 2.75) is 19.4 Å². The second-order valence-electron chi connectivity index (χ2n) is 7.23. The van der Waals surface area contributed by atoms with Crippen molar-refractivity contribution in [1.82, 2.24) is 15.3 Å². The molecule has 0 aliphatic carbocycles. The first kappa shape index (κ1) is 21.8. The Morgan fingerprint density at radius 1 is 1.19 bits per heavy atom. The van der Waals surface area contributed by atoms with E-state index in [1.807, 2.05) is 18.2 Å². The molecule has 0 aliphatic heterocycles. The smallest absolute Gasteiger partial charge is 0.311 e. The summed E-state index contributed by atoms with van der Waals surface area (Å²) < 4.78 is 4.96. The molecule has 0 spiro atoms. The molecule has 5 N–H and O–H groups in total. The van der Waals surface area contributed by atoms with Crippen molar-refractivity contribution in [2.24, 2.45) is 11.7 Å².